The Bertz CT molecular complexity index is 646. The molecule has 0 radical (unpaired) electrons. The number of carbonyl (C=O) groups excluding carboxylic acids is 1. The molecule has 4 heteroatoms. The lowest BCUT2D eigenvalue weighted by atomic mass is 9.83. The van der Waals surface area contributed by atoms with Crippen LogP contribution in [0.4, 0.5) is 10.1 Å². The van der Waals surface area contributed by atoms with Crippen LogP contribution in [-0.4, -0.2) is 5.91 Å². The van der Waals surface area contributed by atoms with Crippen molar-refractivity contribution in [1.29, 1.82) is 5.26 Å². The number of anilines is 1. The fourth-order valence-electron chi connectivity index (χ4n) is 1.81. The van der Waals surface area contributed by atoms with Crippen LogP contribution in [0.15, 0.2) is 54.6 Å². The fourth-order valence-corrected chi connectivity index (χ4v) is 1.81. The van der Waals surface area contributed by atoms with Gasteiger partial charge in [-0.2, -0.15) is 5.26 Å². The molecule has 2 aromatic rings. The van der Waals surface area contributed by atoms with Crippen molar-refractivity contribution < 1.29 is 9.18 Å². The summed E-state index contributed by atoms with van der Waals surface area (Å²) in [5.74, 6) is -0.827. The highest BCUT2D eigenvalue weighted by Gasteiger charge is 2.35. The first-order chi connectivity index (χ1) is 9.56. The minimum Gasteiger partial charge on any atom is -0.324 e. The molecule has 1 amide bonds. The van der Waals surface area contributed by atoms with Gasteiger partial charge in [-0.25, -0.2) is 4.39 Å². The minimum atomic E-state index is -1.30. The van der Waals surface area contributed by atoms with E-state index in [1.807, 2.05) is 12.1 Å². The van der Waals surface area contributed by atoms with Gasteiger partial charge < -0.3 is 5.32 Å². The highest BCUT2D eigenvalue weighted by molar-refractivity contribution is 6.01. The quantitative estimate of drug-likeness (QED) is 0.929. The molecule has 0 aliphatic rings. The predicted octanol–water partition coefficient (Wildman–Crippen LogP) is 3.25. The Hall–Kier alpha value is -2.67. The molecule has 3 nitrogen and oxygen atoms in total. The third-order valence-electron chi connectivity index (χ3n) is 3.13. The van der Waals surface area contributed by atoms with Crippen LogP contribution in [0.2, 0.25) is 0 Å². The standard InChI is InChI=1S/C16H13FN2O/c1-16(11-18,12-5-3-2-4-6-12)15(20)19-14-9-7-13(17)8-10-14/h2-10H,1H3,(H,19,20). The minimum absolute atomic E-state index is 0.380. The average molecular weight is 268 g/mol. The highest BCUT2D eigenvalue weighted by Crippen LogP contribution is 2.25. The lowest BCUT2D eigenvalue weighted by Gasteiger charge is -2.21. The zero-order chi connectivity index (χ0) is 14.6. The van der Waals surface area contributed by atoms with Gasteiger partial charge in [0.1, 0.15) is 5.82 Å². The molecule has 0 spiro atoms. The van der Waals surface area contributed by atoms with E-state index in [1.54, 1.807) is 31.2 Å². The van der Waals surface area contributed by atoms with Crippen LogP contribution in [0, 0.1) is 17.1 Å². The average Bonchev–Trinajstić information content (AvgIpc) is 2.49. The van der Waals surface area contributed by atoms with Crippen LogP contribution >= 0.6 is 0 Å². The number of amides is 1. The van der Waals surface area contributed by atoms with E-state index in [-0.39, 0.29) is 5.82 Å². The molecule has 0 aliphatic heterocycles. The Morgan fingerprint density at radius 2 is 1.75 bits per heavy atom. The number of nitrogens with zero attached hydrogens (tertiary/aromatic N) is 1. The Morgan fingerprint density at radius 3 is 2.30 bits per heavy atom. The molecule has 0 saturated heterocycles. The van der Waals surface area contributed by atoms with Gasteiger partial charge in [-0.05, 0) is 36.8 Å². The van der Waals surface area contributed by atoms with Gasteiger partial charge in [-0.1, -0.05) is 30.3 Å². The van der Waals surface area contributed by atoms with Gasteiger partial charge in [-0.15, -0.1) is 0 Å². The summed E-state index contributed by atoms with van der Waals surface area (Å²) in [4.78, 5) is 12.3. The Morgan fingerprint density at radius 1 is 1.15 bits per heavy atom. The number of hydrogen-bond donors (Lipinski definition) is 1. The van der Waals surface area contributed by atoms with E-state index in [9.17, 15) is 14.4 Å². The van der Waals surface area contributed by atoms with Crippen molar-refractivity contribution in [3.63, 3.8) is 0 Å². The van der Waals surface area contributed by atoms with Gasteiger partial charge in [0.15, 0.2) is 5.41 Å². The van der Waals surface area contributed by atoms with E-state index in [4.69, 9.17) is 0 Å². The number of nitrogens with one attached hydrogen (secondary N) is 1. The molecule has 100 valence electrons. The molecule has 0 saturated carbocycles. The fraction of sp³-hybridized carbons (Fsp3) is 0.125. The van der Waals surface area contributed by atoms with Gasteiger partial charge >= 0.3 is 0 Å². The smallest absolute Gasteiger partial charge is 0.249 e. The topological polar surface area (TPSA) is 52.9 Å². The summed E-state index contributed by atoms with van der Waals surface area (Å²) in [6, 6.07) is 16.3. The van der Waals surface area contributed by atoms with Crippen LogP contribution < -0.4 is 5.32 Å². The van der Waals surface area contributed by atoms with Crippen molar-refractivity contribution in [2.24, 2.45) is 0 Å². The number of rotatable bonds is 3. The van der Waals surface area contributed by atoms with Gasteiger partial charge in [0.05, 0.1) is 6.07 Å². The third-order valence-corrected chi connectivity index (χ3v) is 3.13. The molecule has 2 aromatic carbocycles. The number of nitriles is 1. The van der Waals surface area contributed by atoms with Crippen molar-refractivity contribution in [2.45, 2.75) is 12.3 Å². The first-order valence-electron chi connectivity index (χ1n) is 6.10. The molecular weight excluding hydrogens is 255 g/mol. The van der Waals surface area contributed by atoms with Crippen molar-refractivity contribution in [1.82, 2.24) is 0 Å². The third kappa shape index (κ3) is 2.67. The van der Waals surface area contributed by atoms with E-state index >= 15 is 0 Å². The molecule has 0 aliphatic carbocycles. The highest BCUT2D eigenvalue weighted by atomic mass is 19.1. The van der Waals surface area contributed by atoms with Gasteiger partial charge in [0, 0.05) is 5.69 Å². The maximum atomic E-state index is 12.8. The Labute approximate surface area is 116 Å². The van der Waals surface area contributed by atoms with Crippen molar-refractivity contribution in [3.8, 4) is 6.07 Å². The maximum absolute atomic E-state index is 12.8. The largest absolute Gasteiger partial charge is 0.324 e. The molecule has 0 aromatic heterocycles. The van der Waals surface area contributed by atoms with Crippen LogP contribution in [0.5, 0.6) is 0 Å². The van der Waals surface area contributed by atoms with Crippen LogP contribution in [0.3, 0.4) is 0 Å². The maximum Gasteiger partial charge on any atom is 0.249 e. The molecule has 0 fully saturated rings. The lowest BCUT2D eigenvalue weighted by Crippen LogP contribution is -2.36. The predicted molar refractivity (Wildman–Crippen MR) is 74.4 cm³/mol. The summed E-state index contributed by atoms with van der Waals surface area (Å²) in [6.07, 6.45) is 0. The Balaban J connectivity index is 2.26. The molecule has 1 atom stereocenters. The first-order valence-corrected chi connectivity index (χ1v) is 6.10. The molecule has 0 bridgehead atoms. The van der Waals surface area contributed by atoms with Crippen molar-refractivity contribution >= 4 is 11.6 Å². The lowest BCUT2D eigenvalue weighted by molar-refractivity contribution is -0.119. The zero-order valence-electron chi connectivity index (χ0n) is 10.9. The van der Waals surface area contributed by atoms with Crippen LogP contribution in [0.1, 0.15) is 12.5 Å². The van der Waals surface area contributed by atoms with Crippen molar-refractivity contribution in [2.75, 3.05) is 5.32 Å². The van der Waals surface area contributed by atoms with Gasteiger partial charge in [0.25, 0.3) is 0 Å². The number of benzene rings is 2. The SMILES string of the molecule is CC(C#N)(C(=O)Nc1ccc(F)cc1)c1ccccc1. The zero-order valence-corrected chi connectivity index (χ0v) is 10.9. The summed E-state index contributed by atoms with van der Waals surface area (Å²) in [6.45, 7) is 1.56. The second-order valence-corrected chi connectivity index (χ2v) is 4.56. The molecule has 1 N–H and O–H groups in total. The summed E-state index contributed by atoms with van der Waals surface area (Å²) in [7, 11) is 0. The van der Waals surface area contributed by atoms with E-state index in [2.05, 4.69) is 5.32 Å². The number of carbonyl (C=O) groups is 1. The van der Waals surface area contributed by atoms with Gasteiger partial charge in [-0.3, -0.25) is 4.79 Å². The number of halogens is 1. The Kier molecular flexibility index (Phi) is 3.81. The van der Waals surface area contributed by atoms with Gasteiger partial charge in [0.2, 0.25) is 5.91 Å². The van der Waals surface area contributed by atoms with Crippen LogP contribution in [0.25, 0.3) is 0 Å². The van der Waals surface area contributed by atoms with E-state index in [0.29, 0.717) is 11.3 Å². The molecule has 2 rings (SSSR count). The van der Waals surface area contributed by atoms with Crippen molar-refractivity contribution in [3.05, 3.63) is 66.0 Å². The van der Waals surface area contributed by atoms with Crippen LogP contribution in [-0.2, 0) is 10.2 Å². The monoisotopic (exact) mass is 268 g/mol. The van der Waals surface area contributed by atoms with E-state index in [0.717, 1.165) is 0 Å². The van der Waals surface area contributed by atoms with E-state index < -0.39 is 11.3 Å². The summed E-state index contributed by atoms with van der Waals surface area (Å²) >= 11 is 0. The summed E-state index contributed by atoms with van der Waals surface area (Å²) in [5, 5.41) is 12.0. The molecule has 1 unspecified atom stereocenters. The normalized spacial score (nSPS) is 13.1. The molecule has 20 heavy (non-hydrogen) atoms. The summed E-state index contributed by atoms with van der Waals surface area (Å²) < 4.78 is 12.8. The molecule has 0 heterocycles. The second kappa shape index (κ2) is 5.54. The molecular formula is C16H13FN2O. The second-order valence-electron chi connectivity index (χ2n) is 4.56. The summed E-state index contributed by atoms with van der Waals surface area (Å²) in [5.41, 5.74) is -0.230. The number of hydrogen-bond acceptors (Lipinski definition) is 2. The van der Waals surface area contributed by atoms with E-state index in [1.165, 1.54) is 24.3 Å². The first kappa shape index (κ1) is 13.8.